The minimum Gasteiger partial charge on any atom is -0.399 e. The molecule has 2 aromatic heterocycles. The van der Waals surface area contributed by atoms with Crippen molar-refractivity contribution in [3.63, 3.8) is 0 Å². The van der Waals surface area contributed by atoms with Gasteiger partial charge < -0.3 is 11.1 Å². The highest BCUT2D eigenvalue weighted by molar-refractivity contribution is 7.98. The maximum Gasteiger partial charge on any atom is 0.252 e. The lowest BCUT2D eigenvalue weighted by atomic mass is 10.1. The lowest BCUT2D eigenvalue weighted by molar-refractivity contribution is 0.0933. The second-order valence-corrected chi connectivity index (χ2v) is 6.85. The Bertz CT molecular complexity index is 892. The van der Waals surface area contributed by atoms with Gasteiger partial charge in [0.05, 0.1) is 6.04 Å². The summed E-state index contributed by atoms with van der Waals surface area (Å²) < 4.78 is 1.91. The minimum absolute atomic E-state index is 0.149. The topological polar surface area (TPSA) is 85.3 Å². The zero-order chi connectivity index (χ0) is 17.8. The molecule has 0 bridgehead atoms. The van der Waals surface area contributed by atoms with Crippen molar-refractivity contribution in [3.05, 3.63) is 59.5 Å². The van der Waals surface area contributed by atoms with Crippen molar-refractivity contribution in [1.82, 2.24) is 19.9 Å². The van der Waals surface area contributed by atoms with E-state index in [-0.39, 0.29) is 11.9 Å². The number of carbonyl (C=O) groups excluding carboxylic acids is 1. The van der Waals surface area contributed by atoms with Gasteiger partial charge in [0.15, 0.2) is 11.5 Å². The van der Waals surface area contributed by atoms with Gasteiger partial charge in [-0.2, -0.15) is 11.8 Å². The van der Waals surface area contributed by atoms with Gasteiger partial charge in [0.2, 0.25) is 0 Å². The smallest absolute Gasteiger partial charge is 0.252 e. The molecular formula is C18H21N5OS. The number of rotatable bonds is 6. The van der Waals surface area contributed by atoms with E-state index in [0.717, 1.165) is 29.2 Å². The van der Waals surface area contributed by atoms with E-state index in [0.29, 0.717) is 11.3 Å². The van der Waals surface area contributed by atoms with Crippen LogP contribution in [0.25, 0.3) is 5.65 Å². The monoisotopic (exact) mass is 355 g/mol. The summed E-state index contributed by atoms with van der Waals surface area (Å²) >= 11 is 1.73. The zero-order valence-corrected chi connectivity index (χ0v) is 15.1. The van der Waals surface area contributed by atoms with Crippen LogP contribution < -0.4 is 11.1 Å². The fourth-order valence-electron chi connectivity index (χ4n) is 2.72. The number of anilines is 1. The number of carbonyl (C=O) groups is 1. The Morgan fingerprint density at radius 3 is 2.96 bits per heavy atom. The first-order valence-electron chi connectivity index (χ1n) is 8.05. The predicted molar refractivity (Wildman–Crippen MR) is 102 cm³/mol. The SMILES string of the molecule is CSCCC(NC(=O)c1cc(N)ccc1C)c1nnc2ccccn12. The van der Waals surface area contributed by atoms with E-state index >= 15 is 0 Å². The standard InChI is InChI=1S/C18H21N5OS/c1-12-6-7-13(19)11-14(12)18(24)20-15(8-10-25-2)17-22-21-16-5-3-4-9-23(16)17/h3-7,9,11,15H,8,10,19H2,1-2H3,(H,20,24). The molecule has 0 spiro atoms. The molecule has 7 heteroatoms. The van der Waals surface area contributed by atoms with Crippen LogP contribution >= 0.6 is 11.8 Å². The number of hydrogen-bond donors (Lipinski definition) is 2. The molecule has 6 nitrogen and oxygen atoms in total. The number of nitrogens with two attached hydrogens (primary N) is 1. The second-order valence-electron chi connectivity index (χ2n) is 5.87. The average molecular weight is 355 g/mol. The van der Waals surface area contributed by atoms with Gasteiger partial charge in [0, 0.05) is 17.4 Å². The molecule has 0 fully saturated rings. The Balaban J connectivity index is 1.91. The zero-order valence-electron chi connectivity index (χ0n) is 14.3. The fourth-order valence-corrected chi connectivity index (χ4v) is 3.19. The first-order valence-corrected chi connectivity index (χ1v) is 9.45. The number of amides is 1. The Morgan fingerprint density at radius 2 is 2.16 bits per heavy atom. The Hall–Kier alpha value is -2.54. The molecule has 0 aliphatic heterocycles. The number of fused-ring (bicyclic) bond motifs is 1. The molecule has 3 rings (SSSR count). The van der Waals surface area contributed by atoms with Gasteiger partial charge in [-0.05, 0) is 55.2 Å². The van der Waals surface area contributed by atoms with E-state index in [9.17, 15) is 4.79 Å². The van der Waals surface area contributed by atoms with Crippen molar-refractivity contribution < 1.29 is 4.79 Å². The summed E-state index contributed by atoms with van der Waals surface area (Å²) in [6, 6.07) is 10.9. The third-order valence-corrected chi connectivity index (χ3v) is 4.72. The highest BCUT2D eigenvalue weighted by Crippen LogP contribution is 2.20. The lowest BCUT2D eigenvalue weighted by Gasteiger charge is -2.18. The van der Waals surface area contributed by atoms with Crippen LogP contribution in [0.4, 0.5) is 5.69 Å². The molecule has 1 unspecified atom stereocenters. The molecule has 3 N–H and O–H groups in total. The van der Waals surface area contributed by atoms with Crippen molar-refractivity contribution in [3.8, 4) is 0 Å². The third-order valence-electron chi connectivity index (χ3n) is 4.07. The van der Waals surface area contributed by atoms with E-state index in [1.807, 2.05) is 48.0 Å². The van der Waals surface area contributed by atoms with E-state index in [1.54, 1.807) is 23.9 Å². The molecule has 0 radical (unpaired) electrons. The van der Waals surface area contributed by atoms with Crippen LogP contribution in [0.1, 0.15) is 34.2 Å². The van der Waals surface area contributed by atoms with Gasteiger partial charge in [-0.25, -0.2) is 0 Å². The van der Waals surface area contributed by atoms with Crippen LogP contribution in [0.2, 0.25) is 0 Å². The van der Waals surface area contributed by atoms with Gasteiger partial charge in [-0.1, -0.05) is 12.1 Å². The quantitative estimate of drug-likeness (QED) is 0.664. The number of aryl methyl sites for hydroxylation is 1. The van der Waals surface area contributed by atoms with Gasteiger partial charge in [-0.15, -0.1) is 10.2 Å². The maximum absolute atomic E-state index is 12.8. The van der Waals surface area contributed by atoms with E-state index < -0.39 is 0 Å². The molecule has 1 amide bonds. The molecule has 1 aromatic carbocycles. The highest BCUT2D eigenvalue weighted by Gasteiger charge is 2.21. The molecule has 0 saturated heterocycles. The number of benzene rings is 1. The summed E-state index contributed by atoms with van der Waals surface area (Å²) in [7, 11) is 0. The van der Waals surface area contributed by atoms with Crippen LogP contribution in [-0.2, 0) is 0 Å². The van der Waals surface area contributed by atoms with Crippen molar-refractivity contribution >= 4 is 29.0 Å². The molecule has 0 saturated carbocycles. The van der Waals surface area contributed by atoms with Gasteiger partial charge in [-0.3, -0.25) is 9.20 Å². The third kappa shape index (κ3) is 3.76. The fraction of sp³-hybridized carbons (Fsp3) is 0.278. The Morgan fingerprint density at radius 1 is 1.32 bits per heavy atom. The Labute approximate surface area is 150 Å². The Kier molecular flexibility index (Phi) is 5.23. The van der Waals surface area contributed by atoms with Crippen LogP contribution in [0.3, 0.4) is 0 Å². The van der Waals surface area contributed by atoms with Gasteiger partial charge in [0.25, 0.3) is 5.91 Å². The van der Waals surface area contributed by atoms with Crippen molar-refractivity contribution in [2.24, 2.45) is 0 Å². The summed E-state index contributed by atoms with van der Waals surface area (Å²) in [5.74, 6) is 1.49. The molecule has 1 atom stereocenters. The van der Waals surface area contributed by atoms with Crippen molar-refractivity contribution in [1.29, 1.82) is 0 Å². The molecule has 130 valence electrons. The molecular weight excluding hydrogens is 334 g/mol. The molecule has 3 aromatic rings. The normalized spacial score (nSPS) is 12.2. The molecule has 0 aliphatic carbocycles. The van der Waals surface area contributed by atoms with Gasteiger partial charge >= 0.3 is 0 Å². The summed E-state index contributed by atoms with van der Waals surface area (Å²) in [5.41, 5.74) is 8.65. The van der Waals surface area contributed by atoms with E-state index in [4.69, 9.17) is 5.73 Å². The lowest BCUT2D eigenvalue weighted by Crippen LogP contribution is -2.31. The largest absolute Gasteiger partial charge is 0.399 e. The molecule has 0 aliphatic rings. The number of hydrogen-bond acceptors (Lipinski definition) is 5. The van der Waals surface area contributed by atoms with Gasteiger partial charge in [0.1, 0.15) is 0 Å². The summed E-state index contributed by atoms with van der Waals surface area (Å²) in [6.45, 7) is 1.90. The predicted octanol–water partition coefficient (Wildman–Crippen LogP) is 2.84. The number of pyridine rings is 1. The number of thioether (sulfide) groups is 1. The van der Waals surface area contributed by atoms with Crippen LogP contribution in [-0.4, -0.2) is 32.5 Å². The van der Waals surface area contributed by atoms with Crippen molar-refractivity contribution in [2.45, 2.75) is 19.4 Å². The van der Waals surface area contributed by atoms with Crippen LogP contribution in [0, 0.1) is 6.92 Å². The van der Waals surface area contributed by atoms with Crippen LogP contribution in [0.15, 0.2) is 42.6 Å². The minimum atomic E-state index is -0.224. The summed E-state index contributed by atoms with van der Waals surface area (Å²) in [6.07, 6.45) is 4.72. The maximum atomic E-state index is 12.8. The molecule has 2 heterocycles. The van der Waals surface area contributed by atoms with E-state index in [1.165, 1.54) is 0 Å². The first-order chi connectivity index (χ1) is 12.1. The average Bonchev–Trinajstić information content (AvgIpc) is 3.04. The first kappa shape index (κ1) is 17.3. The van der Waals surface area contributed by atoms with Crippen molar-refractivity contribution in [2.75, 3.05) is 17.7 Å². The second kappa shape index (κ2) is 7.57. The summed E-state index contributed by atoms with van der Waals surface area (Å²) in [4.78, 5) is 12.8. The number of nitrogens with one attached hydrogen (secondary N) is 1. The van der Waals surface area contributed by atoms with E-state index in [2.05, 4.69) is 15.5 Å². The number of nitrogens with zero attached hydrogens (tertiary/aromatic N) is 3. The summed E-state index contributed by atoms with van der Waals surface area (Å²) in [5, 5.41) is 11.6. The van der Waals surface area contributed by atoms with Crippen LogP contribution in [0.5, 0.6) is 0 Å². The highest BCUT2D eigenvalue weighted by atomic mass is 32.2. The number of aromatic nitrogens is 3. The number of nitrogen functional groups attached to an aromatic ring is 1. The molecule has 25 heavy (non-hydrogen) atoms.